The summed E-state index contributed by atoms with van der Waals surface area (Å²) < 4.78 is 5.37. The third kappa shape index (κ3) is 3.01. The van der Waals surface area contributed by atoms with Gasteiger partial charge in [0.05, 0.1) is 6.61 Å². The van der Waals surface area contributed by atoms with Crippen molar-refractivity contribution in [2.45, 2.75) is 32.2 Å². The summed E-state index contributed by atoms with van der Waals surface area (Å²) in [5.74, 6) is 1.45. The number of aliphatic hydroxyl groups excluding tert-OH is 1. The number of nitrogens with zero attached hydrogens (tertiary/aromatic N) is 1. The van der Waals surface area contributed by atoms with Crippen LogP contribution in [0.1, 0.15) is 30.8 Å². The van der Waals surface area contributed by atoms with E-state index in [9.17, 15) is 4.79 Å². The van der Waals surface area contributed by atoms with Gasteiger partial charge in [-0.05, 0) is 44.4 Å². The molecule has 1 heterocycles. The highest BCUT2D eigenvalue weighted by Crippen LogP contribution is 2.24. The second-order valence-corrected chi connectivity index (χ2v) is 4.62. The molecule has 1 aliphatic carbocycles. The summed E-state index contributed by atoms with van der Waals surface area (Å²) in [4.78, 5) is 13.8. The standard InChI is InChI=1S/C14H19NO3/c1-11-5-6-13(18-11)7-8-14(17)15(9-10-16)12-3-2-4-12/h5-8,12,16H,2-4,9-10H2,1H3/b8-7+. The van der Waals surface area contributed by atoms with Crippen molar-refractivity contribution in [1.29, 1.82) is 0 Å². The van der Waals surface area contributed by atoms with E-state index < -0.39 is 0 Å². The van der Waals surface area contributed by atoms with Gasteiger partial charge in [0, 0.05) is 18.7 Å². The van der Waals surface area contributed by atoms with Gasteiger partial charge >= 0.3 is 0 Å². The van der Waals surface area contributed by atoms with Crippen LogP contribution in [0.15, 0.2) is 22.6 Å². The minimum absolute atomic E-state index is 0.00986. The van der Waals surface area contributed by atoms with E-state index in [1.165, 1.54) is 12.5 Å². The van der Waals surface area contributed by atoms with Gasteiger partial charge in [-0.2, -0.15) is 0 Å². The minimum Gasteiger partial charge on any atom is -0.462 e. The van der Waals surface area contributed by atoms with Crippen LogP contribution in [0.3, 0.4) is 0 Å². The topological polar surface area (TPSA) is 53.7 Å². The molecular weight excluding hydrogens is 230 g/mol. The lowest BCUT2D eigenvalue weighted by Gasteiger charge is -2.36. The number of amides is 1. The zero-order valence-corrected chi connectivity index (χ0v) is 10.6. The monoisotopic (exact) mass is 249 g/mol. The number of rotatable bonds is 5. The highest BCUT2D eigenvalue weighted by Gasteiger charge is 2.26. The number of aryl methyl sites for hydroxylation is 1. The molecule has 0 radical (unpaired) electrons. The Morgan fingerprint density at radius 2 is 2.33 bits per heavy atom. The predicted molar refractivity (Wildman–Crippen MR) is 68.9 cm³/mol. The molecule has 1 N–H and O–H groups in total. The molecule has 1 aromatic heterocycles. The Balaban J connectivity index is 1.97. The number of carbonyl (C=O) groups is 1. The molecule has 0 atom stereocenters. The van der Waals surface area contributed by atoms with E-state index in [0.717, 1.165) is 18.6 Å². The SMILES string of the molecule is Cc1ccc(/C=C/C(=O)N(CCO)C2CCC2)o1. The molecule has 98 valence electrons. The van der Waals surface area contributed by atoms with Crippen molar-refractivity contribution in [2.75, 3.05) is 13.2 Å². The average molecular weight is 249 g/mol. The van der Waals surface area contributed by atoms with E-state index in [-0.39, 0.29) is 12.5 Å². The van der Waals surface area contributed by atoms with Gasteiger partial charge < -0.3 is 14.4 Å². The van der Waals surface area contributed by atoms with E-state index in [4.69, 9.17) is 9.52 Å². The second-order valence-electron chi connectivity index (χ2n) is 4.62. The average Bonchev–Trinajstić information content (AvgIpc) is 2.69. The molecule has 1 aliphatic rings. The molecule has 1 amide bonds. The van der Waals surface area contributed by atoms with Crippen molar-refractivity contribution >= 4 is 12.0 Å². The maximum atomic E-state index is 12.0. The molecule has 4 heteroatoms. The first kappa shape index (κ1) is 12.9. The fourth-order valence-corrected chi connectivity index (χ4v) is 2.07. The lowest BCUT2D eigenvalue weighted by atomic mass is 9.91. The molecular formula is C14H19NO3. The zero-order chi connectivity index (χ0) is 13.0. The Morgan fingerprint density at radius 3 is 2.83 bits per heavy atom. The lowest BCUT2D eigenvalue weighted by molar-refractivity contribution is -0.130. The summed E-state index contributed by atoms with van der Waals surface area (Å²) in [7, 11) is 0. The smallest absolute Gasteiger partial charge is 0.247 e. The highest BCUT2D eigenvalue weighted by atomic mass is 16.3. The van der Waals surface area contributed by atoms with Gasteiger partial charge in [-0.25, -0.2) is 0 Å². The first-order valence-corrected chi connectivity index (χ1v) is 6.36. The third-order valence-corrected chi connectivity index (χ3v) is 3.29. The second kappa shape index (κ2) is 5.87. The normalized spacial score (nSPS) is 15.9. The summed E-state index contributed by atoms with van der Waals surface area (Å²) in [6.07, 6.45) is 6.45. The van der Waals surface area contributed by atoms with Crippen LogP contribution in [-0.4, -0.2) is 35.1 Å². The molecule has 0 spiro atoms. The maximum Gasteiger partial charge on any atom is 0.247 e. The largest absolute Gasteiger partial charge is 0.462 e. The van der Waals surface area contributed by atoms with Crippen LogP contribution in [0, 0.1) is 6.92 Å². The van der Waals surface area contributed by atoms with Crippen LogP contribution >= 0.6 is 0 Å². The fourth-order valence-electron chi connectivity index (χ4n) is 2.07. The fraction of sp³-hybridized carbons (Fsp3) is 0.500. The Labute approximate surface area is 107 Å². The van der Waals surface area contributed by atoms with Crippen LogP contribution in [-0.2, 0) is 4.79 Å². The Kier molecular flexibility index (Phi) is 4.20. The Hall–Kier alpha value is -1.55. The van der Waals surface area contributed by atoms with E-state index in [0.29, 0.717) is 18.3 Å². The highest BCUT2D eigenvalue weighted by molar-refractivity contribution is 5.91. The van der Waals surface area contributed by atoms with E-state index in [2.05, 4.69) is 0 Å². The Morgan fingerprint density at radius 1 is 1.56 bits per heavy atom. The van der Waals surface area contributed by atoms with Crippen LogP contribution in [0.25, 0.3) is 6.08 Å². The third-order valence-electron chi connectivity index (χ3n) is 3.29. The molecule has 0 bridgehead atoms. The van der Waals surface area contributed by atoms with Gasteiger partial charge in [0.25, 0.3) is 0 Å². The van der Waals surface area contributed by atoms with Crippen molar-refractivity contribution in [3.8, 4) is 0 Å². The number of hydrogen-bond acceptors (Lipinski definition) is 3. The van der Waals surface area contributed by atoms with Crippen molar-refractivity contribution in [3.63, 3.8) is 0 Å². The van der Waals surface area contributed by atoms with E-state index in [1.54, 1.807) is 11.0 Å². The summed E-state index contributed by atoms with van der Waals surface area (Å²) in [6, 6.07) is 3.99. The van der Waals surface area contributed by atoms with Crippen molar-refractivity contribution in [1.82, 2.24) is 4.90 Å². The first-order valence-electron chi connectivity index (χ1n) is 6.36. The summed E-state index contributed by atoms with van der Waals surface area (Å²) in [5, 5.41) is 9.01. The molecule has 1 aromatic rings. The van der Waals surface area contributed by atoms with Gasteiger partial charge in [0.15, 0.2) is 0 Å². The van der Waals surface area contributed by atoms with Crippen LogP contribution in [0.5, 0.6) is 0 Å². The molecule has 18 heavy (non-hydrogen) atoms. The zero-order valence-electron chi connectivity index (χ0n) is 10.6. The molecule has 0 unspecified atom stereocenters. The van der Waals surface area contributed by atoms with Crippen molar-refractivity contribution < 1.29 is 14.3 Å². The molecule has 1 saturated carbocycles. The lowest BCUT2D eigenvalue weighted by Crippen LogP contribution is -2.44. The van der Waals surface area contributed by atoms with E-state index in [1.807, 2.05) is 19.1 Å². The number of hydrogen-bond donors (Lipinski definition) is 1. The van der Waals surface area contributed by atoms with Crippen LogP contribution in [0.2, 0.25) is 0 Å². The van der Waals surface area contributed by atoms with Crippen LogP contribution in [0.4, 0.5) is 0 Å². The Bertz CT molecular complexity index is 432. The number of furan rings is 1. The number of carbonyl (C=O) groups excluding carboxylic acids is 1. The molecule has 2 rings (SSSR count). The molecule has 1 fully saturated rings. The van der Waals surface area contributed by atoms with Gasteiger partial charge in [-0.3, -0.25) is 4.79 Å². The first-order chi connectivity index (χ1) is 8.70. The summed E-state index contributed by atoms with van der Waals surface area (Å²) >= 11 is 0. The van der Waals surface area contributed by atoms with E-state index >= 15 is 0 Å². The predicted octanol–water partition coefficient (Wildman–Crippen LogP) is 1.97. The van der Waals surface area contributed by atoms with Gasteiger partial charge in [0.1, 0.15) is 11.5 Å². The molecule has 0 aliphatic heterocycles. The maximum absolute atomic E-state index is 12.0. The molecule has 0 aromatic carbocycles. The van der Waals surface area contributed by atoms with Crippen molar-refractivity contribution in [3.05, 3.63) is 29.7 Å². The molecule has 4 nitrogen and oxygen atoms in total. The van der Waals surface area contributed by atoms with Crippen LogP contribution < -0.4 is 0 Å². The minimum atomic E-state index is -0.0530. The van der Waals surface area contributed by atoms with Gasteiger partial charge in [0.2, 0.25) is 5.91 Å². The number of aliphatic hydroxyl groups is 1. The summed E-state index contributed by atoms with van der Waals surface area (Å²) in [5.41, 5.74) is 0. The summed E-state index contributed by atoms with van der Waals surface area (Å²) in [6.45, 7) is 2.28. The van der Waals surface area contributed by atoms with Crippen molar-refractivity contribution in [2.24, 2.45) is 0 Å². The molecule has 0 saturated heterocycles. The van der Waals surface area contributed by atoms with Gasteiger partial charge in [-0.15, -0.1) is 0 Å². The quantitative estimate of drug-likeness (QED) is 0.812. The van der Waals surface area contributed by atoms with Gasteiger partial charge in [-0.1, -0.05) is 0 Å².